The molecule has 0 aromatic heterocycles. The molecule has 1 saturated heterocycles. The van der Waals surface area contributed by atoms with E-state index < -0.39 is 6.04 Å². The smallest absolute Gasteiger partial charge is 0.252 e. The molecule has 0 radical (unpaired) electrons. The summed E-state index contributed by atoms with van der Waals surface area (Å²) < 4.78 is 5.11. The molecule has 2 amide bonds. The fourth-order valence-electron chi connectivity index (χ4n) is 2.04. The minimum absolute atomic E-state index is 0.122. The van der Waals surface area contributed by atoms with Crippen LogP contribution in [-0.4, -0.2) is 36.4 Å². The number of anilines is 1. The summed E-state index contributed by atoms with van der Waals surface area (Å²) in [5.41, 5.74) is 0.776. The van der Waals surface area contributed by atoms with Gasteiger partial charge in [0.05, 0.1) is 13.5 Å². The second kappa shape index (κ2) is 5.08. The van der Waals surface area contributed by atoms with E-state index in [2.05, 4.69) is 5.32 Å². The Morgan fingerprint density at radius 1 is 1.44 bits per heavy atom. The van der Waals surface area contributed by atoms with Crippen LogP contribution in [0.25, 0.3) is 0 Å². The van der Waals surface area contributed by atoms with Crippen LogP contribution in [0.2, 0.25) is 0 Å². The van der Waals surface area contributed by atoms with Crippen molar-refractivity contribution in [2.45, 2.75) is 19.4 Å². The lowest BCUT2D eigenvalue weighted by Crippen LogP contribution is -2.34. The maximum atomic E-state index is 11.9. The maximum Gasteiger partial charge on any atom is 0.252 e. The minimum atomic E-state index is -0.468. The number of amides is 2. The average molecular weight is 248 g/mol. The largest absolute Gasteiger partial charge is 0.497 e. The molecule has 0 aliphatic carbocycles. The first-order chi connectivity index (χ1) is 8.65. The average Bonchev–Trinajstić information content (AvgIpc) is 2.64. The molecule has 2 rings (SSSR count). The molecule has 0 bridgehead atoms. The Morgan fingerprint density at radius 3 is 2.83 bits per heavy atom. The number of nitrogens with zero attached hydrogens (tertiary/aromatic N) is 1. The highest BCUT2D eigenvalue weighted by molar-refractivity contribution is 6.06. The van der Waals surface area contributed by atoms with Crippen LogP contribution in [0.5, 0.6) is 5.75 Å². The second-order valence-corrected chi connectivity index (χ2v) is 4.11. The van der Waals surface area contributed by atoms with Crippen molar-refractivity contribution in [3.8, 4) is 5.75 Å². The molecule has 96 valence electrons. The number of benzene rings is 1. The van der Waals surface area contributed by atoms with E-state index >= 15 is 0 Å². The molecule has 1 aliphatic rings. The van der Waals surface area contributed by atoms with Crippen molar-refractivity contribution in [3.63, 3.8) is 0 Å². The first kappa shape index (κ1) is 12.4. The van der Waals surface area contributed by atoms with Crippen molar-refractivity contribution in [1.82, 2.24) is 4.90 Å². The van der Waals surface area contributed by atoms with Crippen LogP contribution in [0.4, 0.5) is 5.69 Å². The lowest BCUT2D eigenvalue weighted by molar-refractivity contribution is -0.138. The Kier molecular flexibility index (Phi) is 3.50. The van der Waals surface area contributed by atoms with Crippen LogP contribution >= 0.6 is 0 Å². The standard InChI is InChI=1S/C13H16N2O3/c1-3-15-12(16)8-11(13(15)17)14-9-5-4-6-10(7-9)18-2/h4-7,11,14H,3,8H2,1-2H3. The quantitative estimate of drug-likeness (QED) is 0.815. The van der Waals surface area contributed by atoms with Gasteiger partial charge in [-0.1, -0.05) is 6.07 Å². The predicted molar refractivity (Wildman–Crippen MR) is 67.4 cm³/mol. The first-order valence-corrected chi connectivity index (χ1v) is 5.90. The number of hydrogen-bond acceptors (Lipinski definition) is 4. The molecule has 1 unspecified atom stereocenters. The van der Waals surface area contributed by atoms with Gasteiger partial charge < -0.3 is 10.1 Å². The van der Waals surface area contributed by atoms with Crippen LogP contribution < -0.4 is 10.1 Å². The number of rotatable bonds is 4. The number of carbonyl (C=O) groups excluding carboxylic acids is 2. The van der Waals surface area contributed by atoms with Gasteiger partial charge in [0, 0.05) is 18.3 Å². The number of methoxy groups -OCH3 is 1. The lowest BCUT2D eigenvalue weighted by Gasteiger charge is -2.14. The van der Waals surface area contributed by atoms with E-state index in [9.17, 15) is 9.59 Å². The number of likely N-dealkylation sites (tertiary alicyclic amines) is 1. The van der Waals surface area contributed by atoms with Crippen LogP contribution in [0.1, 0.15) is 13.3 Å². The van der Waals surface area contributed by atoms with E-state index in [-0.39, 0.29) is 18.2 Å². The van der Waals surface area contributed by atoms with Crippen LogP contribution in [-0.2, 0) is 9.59 Å². The van der Waals surface area contributed by atoms with Crippen molar-refractivity contribution >= 4 is 17.5 Å². The molecule has 0 saturated carbocycles. The number of ether oxygens (including phenoxy) is 1. The fraction of sp³-hybridized carbons (Fsp3) is 0.385. The number of imide groups is 1. The summed E-state index contributed by atoms with van der Waals surface area (Å²) in [4.78, 5) is 24.8. The molecule has 1 aromatic carbocycles. The monoisotopic (exact) mass is 248 g/mol. The zero-order chi connectivity index (χ0) is 13.1. The van der Waals surface area contributed by atoms with Gasteiger partial charge in [0.25, 0.3) is 5.91 Å². The molecular formula is C13H16N2O3. The number of likely N-dealkylation sites (N-methyl/N-ethyl adjacent to an activating group) is 1. The highest BCUT2D eigenvalue weighted by atomic mass is 16.5. The van der Waals surface area contributed by atoms with Gasteiger partial charge >= 0.3 is 0 Å². The van der Waals surface area contributed by atoms with E-state index in [0.717, 1.165) is 5.69 Å². The lowest BCUT2D eigenvalue weighted by atomic mass is 10.2. The van der Waals surface area contributed by atoms with Gasteiger partial charge in [0.2, 0.25) is 5.91 Å². The SMILES string of the molecule is CCN1C(=O)CC(Nc2cccc(OC)c2)C1=O. The van der Waals surface area contributed by atoms with Gasteiger partial charge in [0.1, 0.15) is 11.8 Å². The first-order valence-electron chi connectivity index (χ1n) is 5.90. The summed E-state index contributed by atoms with van der Waals surface area (Å²) in [5, 5.41) is 3.07. The van der Waals surface area contributed by atoms with Gasteiger partial charge in [0.15, 0.2) is 0 Å². The molecule has 1 atom stereocenters. The molecule has 1 aromatic rings. The summed E-state index contributed by atoms with van der Waals surface area (Å²) in [6, 6.07) is 6.83. The van der Waals surface area contributed by atoms with Gasteiger partial charge in [-0.3, -0.25) is 14.5 Å². The molecule has 1 heterocycles. The highest BCUT2D eigenvalue weighted by Crippen LogP contribution is 2.21. The predicted octanol–water partition coefficient (Wildman–Crippen LogP) is 1.25. The second-order valence-electron chi connectivity index (χ2n) is 4.11. The topological polar surface area (TPSA) is 58.6 Å². The normalized spacial score (nSPS) is 19.2. The molecule has 18 heavy (non-hydrogen) atoms. The molecule has 1 fully saturated rings. The third-order valence-electron chi connectivity index (χ3n) is 2.97. The Hall–Kier alpha value is -2.04. The third-order valence-corrected chi connectivity index (χ3v) is 2.97. The maximum absolute atomic E-state index is 11.9. The minimum Gasteiger partial charge on any atom is -0.497 e. The van der Waals surface area contributed by atoms with Crippen molar-refractivity contribution in [1.29, 1.82) is 0 Å². The number of nitrogens with one attached hydrogen (secondary N) is 1. The Labute approximate surface area is 106 Å². The van der Waals surface area contributed by atoms with Crippen LogP contribution in [0.15, 0.2) is 24.3 Å². The molecule has 5 nitrogen and oxygen atoms in total. The van der Waals surface area contributed by atoms with Crippen molar-refractivity contribution in [3.05, 3.63) is 24.3 Å². The van der Waals surface area contributed by atoms with Crippen molar-refractivity contribution in [2.24, 2.45) is 0 Å². The molecule has 1 N–H and O–H groups in total. The van der Waals surface area contributed by atoms with Crippen LogP contribution in [0.3, 0.4) is 0 Å². The molecule has 5 heteroatoms. The van der Waals surface area contributed by atoms with Gasteiger partial charge in [-0.2, -0.15) is 0 Å². The summed E-state index contributed by atoms with van der Waals surface area (Å²) >= 11 is 0. The fourth-order valence-corrected chi connectivity index (χ4v) is 2.04. The van der Waals surface area contributed by atoms with E-state index in [1.165, 1.54) is 4.90 Å². The number of carbonyl (C=O) groups is 2. The zero-order valence-corrected chi connectivity index (χ0v) is 10.5. The third kappa shape index (κ3) is 2.30. The van der Waals surface area contributed by atoms with E-state index in [1.54, 1.807) is 20.1 Å². The Bertz CT molecular complexity index is 473. The van der Waals surface area contributed by atoms with Crippen LogP contribution in [0, 0.1) is 0 Å². The van der Waals surface area contributed by atoms with E-state index in [0.29, 0.717) is 12.3 Å². The van der Waals surface area contributed by atoms with Crippen molar-refractivity contribution < 1.29 is 14.3 Å². The zero-order valence-electron chi connectivity index (χ0n) is 10.5. The van der Waals surface area contributed by atoms with Gasteiger partial charge in [-0.05, 0) is 19.1 Å². The van der Waals surface area contributed by atoms with Gasteiger partial charge in [-0.25, -0.2) is 0 Å². The summed E-state index contributed by atoms with van der Waals surface area (Å²) in [6.45, 7) is 2.22. The summed E-state index contributed by atoms with van der Waals surface area (Å²) in [7, 11) is 1.59. The Morgan fingerprint density at radius 2 is 2.22 bits per heavy atom. The summed E-state index contributed by atoms with van der Waals surface area (Å²) in [5.74, 6) is 0.428. The number of hydrogen-bond donors (Lipinski definition) is 1. The molecular weight excluding hydrogens is 232 g/mol. The molecule has 0 spiro atoms. The van der Waals surface area contributed by atoms with E-state index in [4.69, 9.17) is 4.74 Å². The summed E-state index contributed by atoms with van der Waals surface area (Å²) in [6.07, 6.45) is 0.212. The van der Waals surface area contributed by atoms with Gasteiger partial charge in [-0.15, -0.1) is 0 Å². The highest BCUT2D eigenvalue weighted by Gasteiger charge is 2.37. The Balaban J connectivity index is 2.10. The van der Waals surface area contributed by atoms with E-state index in [1.807, 2.05) is 18.2 Å². The van der Waals surface area contributed by atoms with Crippen molar-refractivity contribution in [2.75, 3.05) is 19.0 Å². The molecule has 1 aliphatic heterocycles.